The Balaban J connectivity index is 1.22. The molecule has 1 amide bonds. The van der Waals surface area contributed by atoms with Crippen LogP contribution in [0.2, 0.25) is 0 Å². The Kier molecular flexibility index (Phi) is 5.50. The molecule has 0 spiro atoms. The van der Waals surface area contributed by atoms with Gasteiger partial charge in [-0.25, -0.2) is 4.98 Å². The third-order valence-corrected chi connectivity index (χ3v) is 6.36. The number of nitrogens with zero attached hydrogens (tertiary/aromatic N) is 4. The maximum absolute atomic E-state index is 13.0. The van der Waals surface area contributed by atoms with Crippen molar-refractivity contribution in [3.8, 4) is 5.75 Å². The van der Waals surface area contributed by atoms with Crippen molar-refractivity contribution < 1.29 is 9.53 Å². The lowest BCUT2D eigenvalue weighted by molar-refractivity contribution is -0.131. The number of H-pyrrole nitrogens is 1. The molecule has 2 aromatic carbocycles. The lowest BCUT2D eigenvalue weighted by Gasteiger charge is -2.36. The molecule has 8 heteroatoms. The van der Waals surface area contributed by atoms with Gasteiger partial charge in [-0.15, -0.1) is 0 Å². The molecular weight excluding hydrogens is 418 g/mol. The van der Waals surface area contributed by atoms with E-state index in [9.17, 15) is 9.59 Å². The lowest BCUT2D eigenvalue weighted by atomic mass is 10.2. The molecule has 0 atom stereocenters. The van der Waals surface area contributed by atoms with Gasteiger partial charge in [0.05, 0.1) is 13.4 Å². The van der Waals surface area contributed by atoms with Crippen LogP contribution in [0.25, 0.3) is 21.9 Å². The fourth-order valence-electron chi connectivity index (χ4n) is 4.44. The highest BCUT2D eigenvalue weighted by Gasteiger charge is 2.21. The van der Waals surface area contributed by atoms with Crippen LogP contribution < -0.4 is 15.2 Å². The smallest absolute Gasteiger partial charge is 0.277 e. The monoisotopic (exact) mass is 445 g/mol. The SMILES string of the molecule is COc1ccc(N2CCN(C(=O)CCn3cnc4c([nH]c5ccc(C)cc54)c3=O)CC2)cc1. The van der Waals surface area contributed by atoms with Gasteiger partial charge >= 0.3 is 0 Å². The zero-order valence-electron chi connectivity index (χ0n) is 18.9. The van der Waals surface area contributed by atoms with E-state index in [2.05, 4.69) is 14.9 Å². The van der Waals surface area contributed by atoms with Gasteiger partial charge in [-0.05, 0) is 43.3 Å². The minimum absolute atomic E-state index is 0.0589. The summed E-state index contributed by atoms with van der Waals surface area (Å²) in [7, 11) is 1.66. The summed E-state index contributed by atoms with van der Waals surface area (Å²) in [5.74, 6) is 0.890. The number of aryl methyl sites for hydroxylation is 2. The highest BCUT2D eigenvalue weighted by atomic mass is 16.5. The number of hydrogen-bond acceptors (Lipinski definition) is 5. The first-order valence-corrected chi connectivity index (χ1v) is 11.2. The van der Waals surface area contributed by atoms with E-state index in [0.29, 0.717) is 30.7 Å². The number of ether oxygens (including phenoxy) is 1. The van der Waals surface area contributed by atoms with Crippen LogP contribution >= 0.6 is 0 Å². The van der Waals surface area contributed by atoms with E-state index >= 15 is 0 Å². The number of carbonyl (C=O) groups is 1. The molecule has 1 N–H and O–H groups in total. The third-order valence-electron chi connectivity index (χ3n) is 6.36. The maximum Gasteiger partial charge on any atom is 0.277 e. The number of piperazine rings is 1. The Morgan fingerprint density at radius 1 is 1.09 bits per heavy atom. The average molecular weight is 446 g/mol. The van der Waals surface area contributed by atoms with Crippen molar-refractivity contribution in [1.82, 2.24) is 19.4 Å². The van der Waals surface area contributed by atoms with Crippen LogP contribution in [0.15, 0.2) is 53.6 Å². The van der Waals surface area contributed by atoms with Crippen molar-refractivity contribution in [3.05, 3.63) is 64.7 Å². The molecular formula is C25H27N5O3. The molecule has 0 bridgehead atoms. The Hall–Kier alpha value is -3.81. The number of amides is 1. The number of anilines is 1. The highest BCUT2D eigenvalue weighted by Crippen LogP contribution is 2.23. The number of rotatable bonds is 5. The van der Waals surface area contributed by atoms with Crippen LogP contribution in [0.1, 0.15) is 12.0 Å². The standard InChI is InChI=1S/C25H27N5O3/c1-17-3-8-21-20(15-17)23-24(27-21)25(32)30(16-26-23)10-9-22(31)29-13-11-28(12-14-29)18-4-6-19(33-2)7-5-18/h3-8,15-16,27H,9-14H2,1-2H3. The molecule has 33 heavy (non-hydrogen) atoms. The number of carbonyl (C=O) groups excluding carboxylic acids is 1. The fraction of sp³-hybridized carbons (Fsp3) is 0.320. The molecule has 1 saturated heterocycles. The topological polar surface area (TPSA) is 83.5 Å². The van der Waals surface area contributed by atoms with E-state index in [4.69, 9.17) is 4.74 Å². The first kappa shape index (κ1) is 21.1. The minimum Gasteiger partial charge on any atom is -0.497 e. The number of aromatic nitrogens is 3. The van der Waals surface area contributed by atoms with Gasteiger partial charge in [0.1, 0.15) is 16.8 Å². The Labute approximate surface area is 191 Å². The summed E-state index contributed by atoms with van der Waals surface area (Å²) in [6, 6.07) is 14.0. The van der Waals surface area contributed by atoms with Crippen molar-refractivity contribution >= 4 is 33.5 Å². The zero-order valence-corrected chi connectivity index (χ0v) is 18.9. The molecule has 0 aliphatic carbocycles. The molecule has 1 fully saturated rings. The molecule has 1 aliphatic rings. The molecule has 170 valence electrons. The van der Waals surface area contributed by atoms with E-state index in [1.165, 1.54) is 4.57 Å². The van der Waals surface area contributed by atoms with E-state index in [0.717, 1.165) is 41.0 Å². The average Bonchev–Trinajstić information content (AvgIpc) is 3.22. The van der Waals surface area contributed by atoms with Crippen molar-refractivity contribution in [3.63, 3.8) is 0 Å². The van der Waals surface area contributed by atoms with Gasteiger partial charge in [0.25, 0.3) is 5.56 Å². The molecule has 8 nitrogen and oxygen atoms in total. The van der Waals surface area contributed by atoms with E-state index < -0.39 is 0 Å². The normalized spacial score (nSPS) is 14.2. The Bertz CT molecular complexity index is 1360. The van der Waals surface area contributed by atoms with Crippen LogP contribution in [0, 0.1) is 6.92 Å². The van der Waals surface area contributed by atoms with Gasteiger partial charge < -0.3 is 19.5 Å². The second-order valence-electron chi connectivity index (χ2n) is 8.46. The second-order valence-corrected chi connectivity index (χ2v) is 8.46. The van der Waals surface area contributed by atoms with Gasteiger partial charge in [-0.2, -0.15) is 0 Å². The summed E-state index contributed by atoms with van der Waals surface area (Å²) in [4.78, 5) is 37.6. The number of nitrogens with one attached hydrogen (secondary N) is 1. The van der Waals surface area contributed by atoms with Gasteiger partial charge in [-0.3, -0.25) is 14.2 Å². The molecule has 5 rings (SSSR count). The quantitative estimate of drug-likeness (QED) is 0.511. The summed E-state index contributed by atoms with van der Waals surface area (Å²) < 4.78 is 6.74. The van der Waals surface area contributed by atoms with Crippen LogP contribution in [0.5, 0.6) is 5.75 Å². The minimum atomic E-state index is -0.147. The fourth-order valence-corrected chi connectivity index (χ4v) is 4.44. The van der Waals surface area contributed by atoms with Crippen molar-refractivity contribution in [2.75, 3.05) is 38.2 Å². The first-order chi connectivity index (χ1) is 16.0. The summed E-state index contributed by atoms with van der Waals surface area (Å²) in [5, 5.41) is 0.944. The van der Waals surface area contributed by atoms with Crippen LogP contribution in [-0.2, 0) is 11.3 Å². The third kappa shape index (κ3) is 4.04. The van der Waals surface area contributed by atoms with Crippen molar-refractivity contribution in [2.24, 2.45) is 0 Å². The number of fused-ring (bicyclic) bond motifs is 3. The Morgan fingerprint density at radius 3 is 2.58 bits per heavy atom. The maximum atomic E-state index is 13.0. The van der Waals surface area contributed by atoms with Gasteiger partial charge in [0.15, 0.2) is 0 Å². The molecule has 0 saturated carbocycles. The predicted molar refractivity (Wildman–Crippen MR) is 129 cm³/mol. The molecule has 3 heterocycles. The van der Waals surface area contributed by atoms with E-state index in [-0.39, 0.29) is 17.9 Å². The van der Waals surface area contributed by atoms with E-state index in [1.54, 1.807) is 13.4 Å². The lowest BCUT2D eigenvalue weighted by Crippen LogP contribution is -2.49. The van der Waals surface area contributed by atoms with Crippen LogP contribution in [-0.4, -0.2) is 58.6 Å². The zero-order chi connectivity index (χ0) is 22.9. The molecule has 1 aliphatic heterocycles. The summed E-state index contributed by atoms with van der Waals surface area (Å²) in [6.07, 6.45) is 1.82. The van der Waals surface area contributed by atoms with Gasteiger partial charge in [-0.1, -0.05) is 11.6 Å². The van der Waals surface area contributed by atoms with E-state index in [1.807, 2.05) is 54.3 Å². The summed E-state index contributed by atoms with van der Waals surface area (Å²) in [5.41, 5.74) is 4.15. The molecule has 0 unspecified atom stereocenters. The van der Waals surface area contributed by atoms with Gasteiger partial charge in [0.2, 0.25) is 5.91 Å². The summed E-state index contributed by atoms with van der Waals surface area (Å²) in [6.45, 7) is 5.21. The number of methoxy groups -OCH3 is 1. The molecule has 0 radical (unpaired) electrons. The largest absolute Gasteiger partial charge is 0.497 e. The summed E-state index contributed by atoms with van der Waals surface area (Å²) >= 11 is 0. The Morgan fingerprint density at radius 2 is 1.85 bits per heavy atom. The predicted octanol–water partition coefficient (Wildman–Crippen LogP) is 2.93. The number of hydrogen-bond donors (Lipinski definition) is 1. The van der Waals surface area contributed by atoms with Crippen molar-refractivity contribution in [2.45, 2.75) is 19.9 Å². The molecule has 2 aromatic heterocycles. The van der Waals surface area contributed by atoms with Crippen LogP contribution in [0.3, 0.4) is 0 Å². The van der Waals surface area contributed by atoms with Gasteiger partial charge in [0, 0.05) is 55.7 Å². The number of aromatic amines is 1. The highest BCUT2D eigenvalue weighted by molar-refractivity contribution is 6.04. The number of benzene rings is 2. The molecule has 4 aromatic rings. The van der Waals surface area contributed by atoms with Crippen LogP contribution in [0.4, 0.5) is 5.69 Å². The van der Waals surface area contributed by atoms with Crippen molar-refractivity contribution in [1.29, 1.82) is 0 Å². The first-order valence-electron chi connectivity index (χ1n) is 11.2. The second kappa shape index (κ2) is 8.61.